The van der Waals surface area contributed by atoms with Gasteiger partial charge >= 0.3 is 0 Å². The molecule has 2 heterocycles. The Morgan fingerprint density at radius 3 is 2.92 bits per heavy atom. The number of benzene rings is 2. The zero-order valence-corrected chi connectivity index (χ0v) is 13.9. The van der Waals surface area contributed by atoms with Gasteiger partial charge in [-0.2, -0.15) is 0 Å². The second-order valence-electron chi connectivity index (χ2n) is 6.98. The lowest BCUT2D eigenvalue weighted by molar-refractivity contribution is -0.384. The number of anilines is 1. The number of hydrogen-bond donors (Lipinski definition) is 1. The van der Waals surface area contributed by atoms with E-state index >= 15 is 0 Å². The number of fused-ring (bicyclic) bond motifs is 4. The molecule has 2 aliphatic rings. The molecule has 1 aliphatic heterocycles. The summed E-state index contributed by atoms with van der Waals surface area (Å²) < 4.78 is 0. The fourth-order valence-corrected chi connectivity index (χ4v) is 4.55. The lowest BCUT2D eigenvalue weighted by Gasteiger charge is -2.33. The lowest BCUT2D eigenvalue weighted by atomic mass is 9.90. The van der Waals surface area contributed by atoms with Crippen molar-refractivity contribution >= 4 is 22.3 Å². The van der Waals surface area contributed by atoms with E-state index in [0.717, 1.165) is 37.1 Å². The summed E-state index contributed by atoms with van der Waals surface area (Å²) in [5, 5.41) is 12.4. The molecule has 1 aliphatic carbocycles. The van der Waals surface area contributed by atoms with E-state index in [9.17, 15) is 10.1 Å². The van der Waals surface area contributed by atoms with Crippen molar-refractivity contribution in [3.05, 3.63) is 69.4 Å². The molecule has 5 rings (SSSR count). The molecular formula is C20H19N3O2. The van der Waals surface area contributed by atoms with E-state index in [1.165, 1.54) is 28.6 Å². The number of hydrogen-bond acceptors (Lipinski definition) is 3. The van der Waals surface area contributed by atoms with Gasteiger partial charge in [0.1, 0.15) is 0 Å². The Balaban J connectivity index is 1.58. The van der Waals surface area contributed by atoms with Gasteiger partial charge in [-0.25, -0.2) is 0 Å². The van der Waals surface area contributed by atoms with Gasteiger partial charge in [-0.05, 0) is 48.9 Å². The van der Waals surface area contributed by atoms with Gasteiger partial charge in [-0.3, -0.25) is 10.1 Å². The van der Waals surface area contributed by atoms with Crippen molar-refractivity contribution in [2.75, 3.05) is 11.4 Å². The first-order chi connectivity index (χ1) is 12.2. The van der Waals surface area contributed by atoms with Gasteiger partial charge in [0.2, 0.25) is 0 Å². The molecule has 1 unspecified atom stereocenters. The maximum absolute atomic E-state index is 11.0. The van der Waals surface area contributed by atoms with Crippen molar-refractivity contribution in [3.8, 4) is 0 Å². The summed E-state index contributed by atoms with van der Waals surface area (Å²) in [5.74, 6) is 0. The summed E-state index contributed by atoms with van der Waals surface area (Å²) in [6.45, 7) is 0.927. The molecule has 0 radical (unpaired) electrons. The third kappa shape index (κ3) is 2.15. The number of aromatic nitrogens is 1. The van der Waals surface area contributed by atoms with Gasteiger partial charge in [0.15, 0.2) is 0 Å². The third-order valence-corrected chi connectivity index (χ3v) is 5.67. The highest BCUT2D eigenvalue weighted by molar-refractivity contribution is 5.85. The first-order valence-corrected chi connectivity index (χ1v) is 8.86. The summed E-state index contributed by atoms with van der Waals surface area (Å²) in [6, 6.07) is 14.2. The Morgan fingerprint density at radius 2 is 2.04 bits per heavy atom. The van der Waals surface area contributed by atoms with Crippen LogP contribution in [0.3, 0.4) is 0 Å². The first kappa shape index (κ1) is 14.5. The van der Waals surface area contributed by atoms with Crippen LogP contribution in [0.4, 0.5) is 11.4 Å². The summed E-state index contributed by atoms with van der Waals surface area (Å²) in [7, 11) is 0. The van der Waals surface area contributed by atoms with Gasteiger partial charge in [0.25, 0.3) is 5.69 Å². The summed E-state index contributed by atoms with van der Waals surface area (Å²) in [6.07, 6.45) is 4.30. The third-order valence-electron chi connectivity index (χ3n) is 5.67. The molecule has 126 valence electrons. The largest absolute Gasteiger partial charge is 0.362 e. The lowest BCUT2D eigenvalue weighted by Crippen LogP contribution is -2.29. The SMILES string of the molecule is O=[N+]([O-])c1ccc2c(c1)CCN2C1CCCc2c1[nH]c1ccccc21. The molecule has 0 saturated heterocycles. The Hall–Kier alpha value is -2.82. The summed E-state index contributed by atoms with van der Waals surface area (Å²) in [5.41, 5.74) is 6.43. The Kier molecular flexibility index (Phi) is 3.10. The fraction of sp³-hybridized carbons (Fsp3) is 0.300. The normalized spacial score (nSPS) is 19.0. The zero-order valence-electron chi connectivity index (χ0n) is 13.9. The minimum atomic E-state index is -0.306. The van der Waals surface area contributed by atoms with Crippen LogP contribution < -0.4 is 4.90 Å². The molecule has 0 bridgehead atoms. The molecule has 0 saturated carbocycles. The van der Waals surface area contributed by atoms with Crippen LogP contribution in [0.2, 0.25) is 0 Å². The smallest absolute Gasteiger partial charge is 0.269 e. The molecule has 5 heteroatoms. The molecule has 3 aromatic rings. The van der Waals surface area contributed by atoms with E-state index in [0.29, 0.717) is 6.04 Å². The Morgan fingerprint density at radius 1 is 1.16 bits per heavy atom. The second-order valence-corrected chi connectivity index (χ2v) is 6.98. The molecule has 0 spiro atoms. The van der Waals surface area contributed by atoms with Crippen LogP contribution in [0.25, 0.3) is 10.9 Å². The number of para-hydroxylation sites is 1. The average molecular weight is 333 g/mol. The molecular weight excluding hydrogens is 314 g/mol. The monoisotopic (exact) mass is 333 g/mol. The van der Waals surface area contributed by atoms with Gasteiger partial charge in [-0.1, -0.05) is 18.2 Å². The first-order valence-electron chi connectivity index (χ1n) is 8.86. The van der Waals surface area contributed by atoms with E-state index in [-0.39, 0.29) is 10.6 Å². The maximum Gasteiger partial charge on any atom is 0.269 e. The van der Waals surface area contributed by atoms with Crippen LogP contribution in [0.15, 0.2) is 42.5 Å². The number of aryl methyl sites for hydroxylation is 1. The highest BCUT2D eigenvalue weighted by atomic mass is 16.6. The second kappa shape index (κ2) is 5.34. The molecule has 1 aromatic heterocycles. The molecule has 0 amide bonds. The van der Waals surface area contributed by atoms with Crippen molar-refractivity contribution in [2.24, 2.45) is 0 Å². The van der Waals surface area contributed by atoms with Crippen molar-refractivity contribution in [1.29, 1.82) is 0 Å². The average Bonchev–Trinajstić information content (AvgIpc) is 3.22. The molecule has 25 heavy (non-hydrogen) atoms. The Labute approximate surface area is 145 Å². The van der Waals surface area contributed by atoms with Gasteiger partial charge in [0.05, 0.1) is 11.0 Å². The van der Waals surface area contributed by atoms with Crippen molar-refractivity contribution in [1.82, 2.24) is 4.98 Å². The van der Waals surface area contributed by atoms with Crippen LogP contribution in [0.1, 0.15) is 35.7 Å². The number of rotatable bonds is 2. The van der Waals surface area contributed by atoms with E-state index in [4.69, 9.17) is 0 Å². The van der Waals surface area contributed by atoms with Crippen LogP contribution >= 0.6 is 0 Å². The van der Waals surface area contributed by atoms with Crippen LogP contribution in [0, 0.1) is 10.1 Å². The maximum atomic E-state index is 11.0. The quantitative estimate of drug-likeness (QED) is 0.554. The van der Waals surface area contributed by atoms with Gasteiger partial charge in [-0.15, -0.1) is 0 Å². The number of nitrogens with zero attached hydrogens (tertiary/aromatic N) is 2. The van der Waals surface area contributed by atoms with E-state index in [2.05, 4.69) is 34.1 Å². The molecule has 1 N–H and O–H groups in total. The van der Waals surface area contributed by atoms with Crippen molar-refractivity contribution in [3.63, 3.8) is 0 Å². The Bertz CT molecular complexity index is 992. The molecule has 2 aromatic carbocycles. The summed E-state index contributed by atoms with van der Waals surface area (Å²) >= 11 is 0. The number of nitro benzene ring substituents is 1. The highest BCUT2D eigenvalue weighted by Crippen LogP contribution is 2.43. The number of H-pyrrole nitrogens is 1. The number of nitro groups is 1. The standard InChI is InChI=1S/C20H19N3O2/c24-23(25)14-8-9-18-13(12-14)10-11-22(18)19-7-3-5-16-15-4-1-2-6-17(15)21-20(16)19/h1-2,4,6,8-9,12,19,21H,3,5,7,10-11H2. The molecule has 1 atom stereocenters. The number of non-ortho nitro benzene ring substituents is 1. The van der Waals surface area contributed by atoms with Crippen molar-refractivity contribution < 1.29 is 4.92 Å². The molecule has 5 nitrogen and oxygen atoms in total. The van der Waals surface area contributed by atoms with Crippen LogP contribution in [-0.2, 0) is 12.8 Å². The molecule has 0 fully saturated rings. The number of nitrogens with one attached hydrogen (secondary N) is 1. The van der Waals surface area contributed by atoms with Gasteiger partial charge in [0, 0.05) is 41.0 Å². The van der Waals surface area contributed by atoms with Crippen LogP contribution in [-0.4, -0.2) is 16.5 Å². The van der Waals surface area contributed by atoms with E-state index in [1.807, 2.05) is 6.07 Å². The zero-order chi connectivity index (χ0) is 17.0. The summed E-state index contributed by atoms with van der Waals surface area (Å²) in [4.78, 5) is 16.8. The van der Waals surface area contributed by atoms with Crippen LogP contribution in [0.5, 0.6) is 0 Å². The fourth-order valence-electron chi connectivity index (χ4n) is 4.55. The topological polar surface area (TPSA) is 62.2 Å². The van der Waals surface area contributed by atoms with E-state index in [1.54, 1.807) is 12.1 Å². The predicted octanol–water partition coefficient (Wildman–Crippen LogP) is 4.52. The minimum absolute atomic E-state index is 0.190. The number of aromatic amines is 1. The van der Waals surface area contributed by atoms with Crippen molar-refractivity contribution in [2.45, 2.75) is 31.7 Å². The van der Waals surface area contributed by atoms with Gasteiger partial charge < -0.3 is 9.88 Å². The van der Waals surface area contributed by atoms with E-state index < -0.39 is 0 Å². The highest BCUT2D eigenvalue weighted by Gasteiger charge is 2.33. The minimum Gasteiger partial charge on any atom is -0.362 e. The predicted molar refractivity (Wildman–Crippen MR) is 98.1 cm³/mol.